The first kappa shape index (κ1) is 18.7. The molecule has 4 bridgehead atoms. The highest BCUT2D eigenvalue weighted by atomic mass is 19.4. The molecule has 2 atom stereocenters. The van der Waals surface area contributed by atoms with Crippen molar-refractivity contribution in [1.82, 2.24) is 9.88 Å². The van der Waals surface area contributed by atoms with Crippen LogP contribution in [0, 0.1) is 22.7 Å². The Kier molecular flexibility index (Phi) is 3.95. The van der Waals surface area contributed by atoms with E-state index < -0.39 is 17.0 Å². The number of hydrogen-bond donors (Lipinski definition) is 1. The van der Waals surface area contributed by atoms with Gasteiger partial charge in [0.2, 0.25) is 5.91 Å². The molecule has 2 aliphatic heterocycles. The molecule has 1 saturated heterocycles. The molecule has 3 fully saturated rings. The summed E-state index contributed by atoms with van der Waals surface area (Å²) in [5, 5.41) is 8.95. The Bertz CT molecular complexity index is 925. The van der Waals surface area contributed by atoms with E-state index in [1.54, 1.807) is 17.3 Å². The number of halogens is 3. The highest BCUT2D eigenvalue weighted by Gasteiger charge is 2.69. The molecule has 154 valence electrons. The largest absolute Gasteiger partial charge is 0.487 e. The monoisotopic (exact) mass is 406 g/mol. The van der Waals surface area contributed by atoms with Gasteiger partial charge in [0.25, 0.3) is 0 Å². The predicted molar refractivity (Wildman–Crippen MR) is 95.7 cm³/mol. The second-order valence-electron chi connectivity index (χ2n) is 8.75. The van der Waals surface area contributed by atoms with Crippen molar-refractivity contribution < 1.29 is 27.8 Å². The fourth-order valence-corrected chi connectivity index (χ4v) is 5.81. The summed E-state index contributed by atoms with van der Waals surface area (Å²) in [5.74, 6) is 5.80. The van der Waals surface area contributed by atoms with Crippen LogP contribution in [0.3, 0.4) is 0 Å². The number of fused-ring (bicyclic) bond motifs is 6. The van der Waals surface area contributed by atoms with E-state index in [0.29, 0.717) is 37.1 Å². The molecule has 0 spiro atoms. The Balaban J connectivity index is 1.45. The number of pyridine rings is 1. The Labute approximate surface area is 166 Å². The van der Waals surface area contributed by atoms with E-state index in [4.69, 9.17) is 9.84 Å². The van der Waals surface area contributed by atoms with Crippen LogP contribution in [-0.2, 0) is 4.79 Å². The van der Waals surface area contributed by atoms with Crippen LogP contribution >= 0.6 is 0 Å². The molecule has 0 unspecified atom stereocenters. The van der Waals surface area contributed by atoms with Crippen LogP contribution < -0.4 is 4.74 Å². The van der Waals surface area contributed by atoms with Gasteiger partial charge in [0.15, 0.2) is 0 Å². The second kappa shape index (κ2) is 6.11. The summed E-state index contributed by atoms with van der Waals surface area (Å²) in [4.78, 5) is 19.4. The summed E-state index contributed by atoms with van der Waals surface area (Å²) < 4.78 is 46.9. The number of hydrogen-bond acceptors (Lipinski definition) is 4. The van der Waals surface area contributed by atoms with Crippen LogP contribution in [-0.4, -0.2) is 46.3 Å². The van der Waals surface area contributed by atoms with E-state index in [2.05, 4.69) is 16.8 Å². The molecule has 5 nitrogen and oxygen atoms in total. The maximum Gasteiger partial charge on any atom is 0.394 e. The summed E-state index contributed by atoms with van der Waals surface area (Å²) in [5.41, 5.74) is -1.31. The van der Waals surface area contributed by atoms with Crippen molar-refractivity contribution in [1.29, 1.82) is 0 Å². The van der Waals surface area contributed by atoms with E-state index >= 15 is 0 Å². The molecular weight excluding hydrogens is 385 g/mol. The fourth-order valence-electron chi connectivity index (χ4n) is 5.81. The van der Waals surface area contributed by atoms with Gasteiger partial charge in [0.05, 0.1) is 29.0 Å². The Morgan fingerprint density at radius 2 is 2.07 bits per heavy atom. The first-order valence-electron chi connectivity index (χ1n) is 9.91. The van der Waals surface area contributed by atoms with Crippen molar-refractivity contribution >= 4 is 5.91 Å². The second-order valence-corrected chi connectivity index (χ2v) is 8.75. The van der Waals surface area contributed by atoms with Crippen LogP contribution in [0.25, 0.3) is 0 Å². The number of rotatable bonds is 1. The zero-order valence-corrected chi connectivity index (χ0v) is 15.8. The third kappa shape index (κ3) is 2.59. The van der Waals surface area contributed by atoms with Crippen molar-refractivity contribution in [3.63, 3.8) is 0 Å². The summed E-state index contributed by atoms with van der Waals surface area (Å²) in [6.45, 7) is 0.0798. The lowest BCUT2D eigenvalue weighted by Crippen LogP contribution is -2.41. The number of likely N-dealkylation sites (tertiary alicyclic amines) is 1. The molecule has 29 heavy (non-hydrogen) atoms. The number of alkyl halides is 3. The summed E-state index contributed by atoms with van der Waals surface area (Å²) >= 11 is 0. The molecule has 0 aromatic carbocycles. The highest BCUT2D eigenvalue weighted by Crippen LogP contribution is 2.68. The normalized spacial score (nSPS) is 34.4. The van der Waals surface area contributed by atoms with Gasteiger partial charge in [-0.3, -0.25) is 9.78 Å². The fraction of sp³-hybridized carbons (Fsp3) is 0.619. The van der Waals surface area contributed by atoms with Gasteiger partial charge in [-0.2, -0.15) is 13.2 Å². The zero-order chi connectivity index (χ0) is 20.4. The van der Waals surface area contributed by atoms with Crippen molar-refractivity contribution in [2.24, 2.45) is 10.8 Å². The summed E-state index contributed by atoms with van der Waals surface area (Å²) in [6.07, 6.45) is -0.0655. The Morgan fingerprint density at radius 1 is 1.31 bits per heavy atom. The molecular formula is C21H21F3N2O3. The number of aromatic nitrogens is 1. The van der Waals surface area contributed by atoms with E-state index in [0.717, 1.165) is 5.56 Å². The summed E-state index contributed by atoms with van der Waals surface area (Å²) in [6, 6.07) is -0.254. The lowest BCUT2D eigenvalue weighted by molar-refractivity contribution is -0.220. The third-order valence-electron chi connectivity index (χ3n) is 7.29. The average Bonchev–Trinajstić information content (AvgIpc) is 3.38. The molecule has 3 heterocycles. The lowest BCUT2D eigenvalue weighted by Gasteiger charge is -2.34. The van der Waals surface area contributed by atoms with Crippen LogP contribution in [0.5, 0.6) is 5.75 Å². The standard InChI is InChI=1S/C21H21F3N2O3/c22-21(23,24)20-5-3-19(12-20,4-6-20)18(28)26-11-14-8-16(26)15-10-25-9-13(2-1-7-27)17(15)29-14/h9-10,14,16,27H,3-8,11-12H2/t14-,16-,19?,20?/m0/s1. The first-order chi connectivity index (χ1) is 13.8. The van der Waals surface area contributed by atoms with Crippen molar-refractivity contribution in [3.05, 3.63) is 23.5 Å². The van der Waals surface area contributed by atoms with Crippen LogP contribution in [0.2, 0.25) is 0 Å². The molecule has 1 aromatic heterocycles. The van der Waals surface area contributed by atoms with Gasteiger partial charge in [0, 0.05) is 24.4 Å². The minimum absolute atomic E-state index is 0.0414. The van der Waals surface area contributed by atoms with E-state index in [9.17, 15) is 18.0 Å². The van der Waals surface area contributed by atoms with Crippen molar-refractivity contribution in [2.75, 3.05) is 13.2 Å². The maximum absolute atomic E-state index is 13.6. The minimum atomic E-state index is -4.26. The molecule has 0 radical (unpaired) electrons. The molecule has 4 aliphatic rings. The first-order valence-corrected chi connectivity index (χ1v) is 9.91. The molecule has 2 aliphatic carbocycles. The van der Waals surface area contributed by atoms with Gasteiger partial charge in [-0.25, -0.2) is 0 Å². The van der Waals surface area contributed by atoms with E-state index in [-0.39, 0.29) is 43.9 Å². The molecule has 5 rings (SSSR count). The SMILES string of the molecule is O=C(N1C[C@@H]2C[C@H]1c1cncc(C#CCO)c1O2)C12CCC(C(F)(F)F)(CC1)C2. The number of aliphatic hydroxyl groups is 1. The summed E-state index contributed by atoms with van der Waals surface area (Å²) in [7, 11) is 0. The smallest absolute Gasteiger partial charge is 0.394 e. The molecule has 1 amide bonds. The van der Waals surface area contributed by atoms with Crippen molar-refractivity contribution in [2.45, 2.75) is 56.8 Å². The van der Waals surface area contributed by atoms with E-state index in [1.807, 2.05) is 0 Å². The van der Waals surface area contributed by atoms with Gasteiger partial charge in [-0.1, -0.05) is 11.8 Å². The lowest BCUT2D eigenvalue weighted by atomic mass is 9.81. The predicted octanol–water partition coefficient (Wildman–Crippen LogP) is 2.97. The number of aliphatic hydroxyl groups excluding tert-OH is 1. The number of carbonyl (C=O) groups is 1. The highest BCUT2D eigenvalue weighted by molar-refractivity contribution is 5.85. The molecule has 1 aromatic rings. The Morgan fingerprint density at radius 3 is 2.72 bits per heavy atom. The van der Waals surface area contributed by atoms with Gasteiger partial charge in [-0.15, -0.1) is 0 Å². The van der Waals surface area contributed by atoms with Crippen LogP contribution in [0.4, 0.5) is 13.2 Å². The topological polar surface area (TPSA) is 62.7 Å². The number of ether oxygens (including phenoxy) is 1. The number of nitrogens with zero attached hydrogens (tertiary/aromatic N) is 2. The third-order valence-corrected chi connectivity index (χ3v) is 7.29. The van der Waals surface area contributed by atoms with Gasteiger partial charge in [-0.05, 0) is 32.1 Å². The van der Waals surface area contributed by atoms with Gasteiger partial charge >= 0.3 is 6.18 Å². The molecule has 8 heteroatoms. The van der Waals surface area contributed by atoms with Gasteiger partial charge < -0.3 is 14.7 Å². The van der Waals surface area contributed by atoms with Gasteiger partial charge in [0.1, 0.15) is 18.5 Å². The quantitative estimate of drug-likeness (QED) is 0.729. The van der Waals surface area contributed by atoms with Crippen LogP contribution in [0.1, 0.15) is 55.7 Å². The average molecular weight is 406 g/mol. The number of amides is 1. The molecule has 1 N–H and O–H groups in total. The van der Waals surface area contributed by atoms with Crippen LogP contribution in [0.15, 0.2) is 12.4 Å². The minimum Gasteiger partial charge on any atom is -0.487 e. The zero-order valence-electron chi connectivity index (χ0n) is 15.8. The van der Waals surface area contributed by atoms with Crippen molar-refractivity contribution in [3.8, 4) is 17.6 Å². The Hall–Kier alpha value is -2.27. The maximum atomic E-state index is 13.6. The number of carbonyl (C=O) groups excluding carboxylic acids is 1. The molecule has 2 saturated carbocycles. The van der Waals surface area contributed by atoms with E-state index in [1.165, 1.54) is 0 Å².